The molecule has 2 rings (SSSR count). The number of hydrogen-bond donors (Lipinski definition) is 0. The summed E-state index contributed by atoms with van der Waals surface area (Å²) in [4.78, 5) is 11.1. The number of ether oxygens (including phenoxy) is 1. The van der Waals surface area contributed by atoms with Gasteiger partial charge in [-0.15, -0.1) is 0 Å². The molecule has 0 N–H and O–H groups in total. The molecule has 0 spiro atoms. The van der Waals surface area contributed by atoms with Gasteiger partial charge in [-0.05, 0) is 30.7 Å². The smallest absolute Gasteiger partial charge is 0.336 e. The van der Waals surface area contributed by atoms with Crippen molar-refractivity contribution in [3.05, 3.63) is 40.8 Å². The van der Waals surface area contributed by atoms with Crippen molar-refractivity contribution < 1.29 is 9.15 Å². The monoisotopic (exact) mass is 296 g/mol. The van der Waals surface area contributed by atoms with Crippen LogP contribution in [0.4, 0.5) is 0 Å². The summed E-state index contributed by atoms with van der Waals surface area (Å²) in [7, 11) is -1.51. The van der Waals surface area contributed by atoms with E-state index in [1.807, 2.05) is 12.1 Å². The largest absolute Gasteiger partial charge is 0.493 e. The van der Waals surface area contributed by atoms with Gasteiger partial charge in [0.1, 0.15) is 11.3 Å². The summed E-state index contributed by atoms with van der Waals surface area (Å²) in [5.74, 6) is 0.718. The van der Waals surface area contributed by atoms with Crippen LogP contribution < -0.4 is 10.4 Å². The van der Waals surface area contributed by atoms with E-state index in [-0.39, 0.29) is 5.63 Å². The van der Waals surface area contributed by atoms with Crippen LogP contribution in [0.5, 0.6) is 5.75 Å². The summed E-state index contributed by atoms with van der Waals surface area (Å²) in [5, 5.41) is 0.890. The third kappa shape index (κ3) is 4.40. The van der Waals surface area contributed by atoms with E-state index in [2.05, 4.69) is 13.1 Å². The fourth-order valence-electron chi connectivity index (χ4n) is 1.81. The molecule has 0 aliphatic heterocycles. The number of halogens is 1. The molecular weight excluding hydrogens is 280 g/mol. The first-order valence-corrected chi connectivity index (χ1v) is 10.5. The lowest BCUT2D eigenvalue weighted by molar-refractivity contribution is 0.317. The normalized spacial score (nSPS) is 11.7. The zero-order valence-corrected chi connectivity index (χ0v) is 12.9. The Morgan fingerprint density at radius 1 is 1.26 bits per heavy atom. The zero-order valence-electron chi connectivity index (χ0n) is 11.1. The van der Waals surface area contributed by atoms with Gasteiger partial charge in [0, 0.05) is 17.5 Å². The molecule has 0 aliphatic rings. The Morgan fingerprint density at radius 2 is 2.00 bits per heavy atom. The van der Waals surface area contributed by atoms with Gasteiger partial charge in [0.2, 0.25) is 0 Å². The molecule has 0 aliphatic carbocycles. The highest BCUT2D eigenvalue weighted by molar-refractivity contribution is 7.19. The fourth-order valence-corrected chi connectivity index (χ4v) is 3.20. The summed E-state index contributed by atoms with van der Waals surface area (Å²) in [5.41, 5.74) is 0.205. The molecule has 0 fully saturated rings. The first-order chi connectivity index (χ1) is 8.94. The predicted molar refractivity (Wildman–Crippen MR) is 80.7 cm³/mol. The molecule has 2 aromatic rings. The van der Waals surface area contributed by atoms with Crippen LogP contribution in [-0.4, -0.2) is 14.0 Å². The minimum Gasteiger partial charge on any atom is -0.493 e. The van der Waals surface area contributed by atoms with E-state index in [9.17, 15) is 4.79 Å². The number of rotatable bonds is 5. The van der Waals surface area contributed by atoms with Crippen molar-refractivity contribution in [1.29, 1.82) is 0 Å². The van der Waals surface area contributed by atoms with E-state index < -0.39 is 7.38 Å². The lowest BCUT2D eigenvalue weighted by Crippen LogP contribution is -2.16. The minimum absolute atomic E-state index is 0.348. The summed E-state index contributed by atoms with van der Waals surface area (Å²) in [6.07, 6.45) is 0.944. The second-order valence-corrected chi connectivity index (χ2v) is 12.1. The van der Waals surface area contributed by atoms with Crippen molar-refractivity contribution >= 4 is 29.4 Å². The molecule has 19 heavy (non-hydrogen) atoms. The van der Waals surface area contributed by atoms with Gasteiger partial charge in [-0.1, -0.05) is 13.1 Å². The lowest BCUT2D eigenvalue weighted by Gasteiger charge is -2.12. The van der Waals surface area contributed by atoms with Gasteiger partial charge in [0.15, 0.2) is 7.38 Å². The standard InChI is InChI=1S/C14H17ClO3Si/c1-19(2,15)9-3-8-17-12-6-4-11-5-7-14(16)18-13(11)10-12/h4-7,10H,3,8-9H2,1-2H3. The first kappa shape index (κ1) is 14.2. The van der Waals surface area contributed by atoms with Gasteiger partial charge in [-0.25, -0.2) is 4.79 Å². The molecule has 1 heterocycles. The van der Waals surface area contributed by atoms with Crippen LogP contribution in [0.3, 0.4) is 0 Å². The molecule has 1 aromatic carbocycles. The van der Waals surface area contributed by atoms with Crippen LogP contribution in [0.2, 0.25) is 19.1 Å². The van der Waals surface area contributed by atoms with Crippen molar-refractivity contribution in [2.24, 2.45) is 0 Å². The zero-order chi connectivity index (χ0) is 13.9. The average Bonchev–Trinajstić information content (AvgIpc) is 2.33. The van der Waals surface area contributed by atoms with Crippen molar-refractivity contribution in [1.82, 2.24) is 0 Å². The fraction of sp³-hybridized carbons (Fsp3) is 0.357. The topological polar surface area (TPSA) is 39.4 Å². The predicted octanol–water partition coefficient (Wildman–Crippen LogP) is 4.01. The quantitative estimate of drug-likeness (QED) is 0.362. The highest BCUT2D eigenvalue weighted by Crippen LogP contribution is 2.21. The summed E-state index contributed by atoms with van der Waals surface area (Å²) >= 11 is 6.24. The second kappa shape index (κ2) is 5.80. The maximum atomic E-state index is 11.1. The molecule has 0 amide bonds. The third-order valence-electron chi connectivity index (χ3n) is 2.78. The number of benzene rings is 1. The van der Waals surface area contributed by atoms with Crippen molar-refractivity contribution in [2.45, 2.75) is 25.6 Å². The van der Waals surface area contributed by atoms with Gasteiger partial charge < -0.3 is 9.15 Å². The Labute approximate surface area is 117 Å². The van der Waals surface area contributed by atoms with E-state index in [0.717, 1.165) is 23.6 Å². The molecule has 5 heteroatoms. The molecule has 0 saturated carbocycles. The van der Waals surface area contributed by atoms with E-state index in [1.54, 1.807) is 12.1 Å². The van der Waals surface area contributed by atoms with E-state index in [1.165, 1.54) is 6.07 Å². The van der Waals surface area contributed by atoms with Crippen LogP contribution in [-0.2, 0) is 0 Å². The summed E-state index contributed by atoms with van der Waals surface area (Å²) < 4.78 is 10.8. The molecular formula is C14H17ClO3Si. The van der Waals surface area contributed by atoms with Gasteiger partial charge in [0.25, 0.3) is 0 Å². The van der Waals surface area contributed by atoms with Crippen LogP contribution in [0.1, 0.15) is 6.42 Å². The molecule has 0 saturated heterocycles. The number of fused-ring (bicyclic) bond motifs is 1. The molecule has 0 radical (unpaired) electrons. The Morgan fingerprint density at radius 3 is 2.74 bits per heavy atom. The van der Waals surface area contributed by atoms with Gasteiger partial charge in [0.05, 0.1) is 6.61 Å². The lowest BCUT2D eigenvalue weighted by atomic mass is 10.2. The summed E-state index contributed by atoms with van der Waals surface area (Å²) in [6, 6.07) is 9.69. The SMILES string of the molecule is C[Si](C)(Cl)CCCOc1ccc2ccc(=O)oc2c1. The van der Waals surface area contributed by atoms with Crippen molar-refractivity contribution in [3.8, 4) is 5.75 Å². The first-order valence-electron chi connectivity index (χ1n) is 6.30. The Bertz CT molecular complexity index is 616. The Kier molecular flexibility index (Phi) is 4.32. The molecule has 0 atom stereocenters. The van der Waals surface area contributed by atoms with E-state index in [0.29, 0.717) is 12.2 Å². The van der Waals surface area contributed by atoms with Crippen LogP contribution in [0.15, 0.2) is 39.5 Å². The highest BCUT2D eigenvalue weighted by atomic mass is 35.6. The summed E-state index contributed by atoms with van der Waals surface area (Å²) in [6.45, 7) is 4.88. The van der Waals surface area contributed by atoms with Gasteiger partial charge in [-0.3, -0.25) is 0 Å². The molecule has 0 bridgehead atoms. The maximum absolute atomic E-state index is 11.1. The Balaban J connectivity index is 1.99. The molecule has 0 unspecified atom stereocenters. The average molecular weight is 297 g/mol. The van der Waals surface area contributed by atoms with Gasteiger partial charge in [-0.2, -0.15) is 11.1 Å². The second-order valence-electron chi connectivity index (χ2n) is 5.12. The number of hydrogen-bond acceptors (Lipinski definition) is 3. The van der Waals surface area contributed by atoms with Crippen LogP contribution in [0, 0.1) is 0 Å². The maximum Gasteiger partial charge on any atom is 0.336 e. The Hall–Kier alpha value is -1.26. The van der Waals surface area contributed by atoms with Crippen LogP contribution >= 0.6 is 11.1 Å². The van der Waals surface area contributed by atoms with E-state index in [4.69, 9.17) is 20.2 Å². The third-order valence-corrected chi connectivity index (χ3v) is 4.89. The van der Waals surface area contributed by atoms with Crippen molar-refractivity contribution in [2.75, 3.05) is 6.61 Å². The van der Waals surface area contributed by atoms with Crippen molar-refractivity contribution in [3.63, 3.8) is 0 Å². The van der Waals surface area contributed by atoms with Gasteiger partial charge >= 0.3 is 5.63 Å². The highest BCUT2D eigenvalue weighted by Gasteiger charge is 2.15. The molecule has 1 aromatic heterocycles. The molecule has 3 nitrogen and oxygen atoms in total. The molecule has 102 valence electrons. The van der Waals surface area contributed by atoms with Crippen LogP contribution in [0.25, 0.3) is 11.0 Å². The van der Waals surface area contributed by atoms with E-state index >= 15 is 0 Å². The minimum atomic E-state index is -1.51.